The number of nitriles is 2. The fraction of sp³-hybridized carbons (Fsp3) is 0.111. The molecule has 0 aliphatic rings. The number of nitrogens with two attached hydrogens (primary N) is 1. The Bertz CT molecular complexity index is 699. The van der Waals surface area contributed by atoms with Crippen molar-refractivity contribution in [2.75, 3.05) is 5.73 Å². The van der Waals surface area contributed by atoms with E-state index in [9.17, 15) is 10.5 Å². The molecule has 0 amide bonds. The predicted octanol–water partition coefficient (Wildman–Crippen LogP) is 3.90. The van der Waals surface area contributed by atoms with Crippen LogP contribution in [0.4, 0.5) is 5.69 Å². The van der Waals surface area contributed by atoms with Gasteiger partial charge in [0.25, 0.3) is 0 Å². The standard InChI is InChI=1S/C18H17N3O/c1-4-7-14(13(11-19)12-20)15-9-10-17(21)18(22-6-3)16(15)8-5-2/h4-6,9-10H,1-3,7-8,21H2. The molecule has 2 N–H and O–H groups in total. The van der Waals surface area contributed by atoms with Crippen LogP contribution in [0.15, 0.2) is 55.9 Å². The molecule has 0 aliphatic carbocycles. The van der Waals surface area contributed by atoms with Crippen molar-refractivity contribution in [2.24, 2.45) is 0 Å². The smallest absolute Gasteiger partial charge is 0.153 e. The second-order valence-corrected chi connectivity index (χ2v) is 4.36. The van der Waals surface area contributed by atoms with Gasteiger partial charge in [0.1, 0.15) is 17.7 Å². The third-order valence-electron chi connectivity index (χ3n) is 3.04. The molecule has 0 bridgehead atoms. The molecular formula is C18H17N3O. The van der Waals surface area contributed by atoms with Crippen molar-refractivity contribution >= 4 is 11.3 Å². The Morgan fingerprint density at radius 2 is 1.86 bits per heavy atom. The number of nitrogens with zero attached hydrogens (tertiary/aromatic N) is 2. The lowest BCUT2D eigenvalue weighted by Gasteiger charge is -2.16. The first-order valence-corrected chi connectivity index (χ1v) is 6.58. The van der Waals surface area contributed by atoms with Crippen LogP contribution in [-0.2, 0) is 6.42 Å². The van der Waals surface area contributed by atoms with Crippen molar-refractivity contribution in [1.82, 2.24) is 0 Å². The molecule has 4 heteroatoms. The molecule has 0 spiro atoms. The molecule has 1 rings (SSSR count). The maximum absolute atomic E-state index is 9.18. The van der Waals surface area contributed by atoms with Crippen molar-refractivity contribution < 1.29 is 4.74 Å². The quantitative estimate of drug-likeness (QED) is 0.357. The Hall–Kier alpha value is -3.24. The number of ether oxygens (including phenoxy) is 1. The van der Waals surface area contributed by atoms with Crippen molar-refractivity contribution in [2.45, 2.75) is 12.8 Å². The van der Waals surface area contributed by atoms with Gasteiger partial charge in [-0.2, -0.15) is 10.5 Å². The van der Waals surface area contributed by atoms with E-state index in [1.807, 2.05) is 12.1 Å². The third kappa shape index (κ3) is 3.45. The van der Waals surface area contributed by atoms with Crippen LogP contribution in [-0.4, -0.2) is 0 Å². The molecule has 110 valence electrons. The average molecular weight is 291 g/mol. The lowest BCUT2D eigenvalue weighted by atomic mass is 9.91. The van der Waals surface area contributed by atoms with E-state index in [-0.39, 0.29) is 5.57 Å². The van der Waals surface area contributed by atoms with Crippen LogP contribution in [0, 0.1) is 22.7 Å². The molecule has 0 atom stereocenters. The number of hydrogen-bond acceptors (Lipinski definition) is 4. The van der Waals surface area contributed by atoms with Gasteiger partial charge in [-0.25, -0.2) is 0 Å². The maximum Gasteiger partial charge on any atom is 0.153 e. The molecule has 4 nitrogen and oxygen atoms in total. The summed E-state index contributed by atoms with van der Waals surface area (Å²) in [5.41, 5.74) is 8.52. The number of nitrogen functional groups attached to an aromatic ring is 1. The van der Waals surface area contributed by atoms with Crippen molar-refractivity contribution in [3.8, 4) is 17.9 Å². The normalized spacial score (nSPS) is 9.00. The Labute approximate surface area is 130 Å². The first kappa shape index (κ1) is 16.8. The molecule has 0 saturated carbocycles. The van der Waals surface area contributed by atoms with Gasteiger partial charge in [-0.1, -0.05) is 24.8 Å². The third-order valence-corrected chi connectivity index (χ3v) is 3.04. The maximum atomic E-state index is 9.18. The van der Waals surface area contributed by atoms with E-state index in [0.717, 1.165) is 11.1 Å². The molecule has 22 heavy (non-hydrogen) atoms. The summed E-state index contributed by atoms with van der Waals surface area (Å²) in [7, 11) is 0. The summed E-state index contributed by atoms with van der Waals surface area (Å²) in [6, 6.07) is 7.30. The Morgan fingerprint density at radius 3 is 2.36 bits per heavy atom. The fourth-order valence-corrected chi connectivity index (χ4v) is 2.15. The predicted molar refractivity (Wildman–Crippen MR) is 88.5 cm³/mol. The second kappa shape index (κ2) is 8.14. The summed E-state index contributed by atoms with van der Waals surface area (Å²) >= 11 is 0. The van der Waals surface area contributed by atoms with E-state index < -0.39 is 0 Å². The highest BCUT2D eigenvalue weighted by Crippen LogP contribution is 2.36. The fourth-order valence-electron chi connectivity index (χ4n) is 2.15. The summed E-state index contributed by atoms with van der Waals surface area (Å²) < 4.78 is 5.41. The number of allylic oxidation sites excluding steroid dienone is 4. The van der Waals surface area contributed by atoms with Crippen LogP contribution >= 0.6 is 0 Å². The molecule has 1 aromatic rings. The highest BCUT2D eigenvalue weighted by Gasteiger charge is 2.17. The van der Waals surface area contributed by atoms with Crippen LogP contribution in [0.25, 0.3) is 5.57 Å². The van der Waals surface area contributed by atoms with Crippen LogP contribution in [0.5, 0.6) is 5.75 Å². The molecule has 0 unspecified atom stereocenters. The van der Waals surface area contributed by atoms with Crippen molar-refractivity contribution in [3.63, 3.8) is 0 Å². The van der Waals surface area contributed by atoms with Gasteiger partial charge < -0.3 is 10.5 Å². The van der Waals surface area contributed by atoms with Gasteiger partial charge in [0.2, 0.25) is 0 Å². The number of anilines is 1. The first-order valence-electron chi connectivity index (χ1n) is 6.58. The summed E-state index contributed by atoms with van der Waals surface area (Å²) in [6.07, 6.45) is 5.51. The number of rotatable bonds is 7. The Balaban J connectivity index is 3.74. The zero-order chi connectivity index (χ0) is 16.5. The van der Waals surface area contributed by atoms with Crippen LogP contribution in [0.2, 0.25) is 0 Å². The molecule has 1 aromatic carbocycles. The Kier molecular flexibility index (Phi) is 6.22. The summed E-state index contributed by atoms with van der Waals surface area (Å²) in [6.45, 7) is 11.0. The van der Waals surface area contributed by atoms with E-state index >= 15 is 0 Å². The average Bonchev–Trinajstić information content (AvgIpc) is 2.52. The number of hydrogen-bond donors (Lipinski definition) is 1. The monoisotopic (exact) mass is 291 g/mol. The van der Waals surface area contributed by atoms with Crippen LogP contribution in [0.3, 0.4) is 0 Å². The lowest BCUT2D eigenvalue weighted by molar-refractivity contribution is 0.480. The lowest BCUT2D eigenvalue weighted by Crippen LogP contribution is -2.02. The molecule has 0 aromatic heterocycles. The van der Waals surface area contributed by atoms with Gasteiger partial charge in [-0.15, -0.1) is 13.2 Å². The van der Waals surface area contributed by atoms with Gasteiger partial charge in [0, 0.05) is 5.56 Å². The topological polar surface area (TPSA) is 82.8 Å². The van der Waals surface area contributed by atoms with Crippen LogP contribution < -0.4 is 10.5 Å². The van der Waals surface area contributed by atoms with Crippen molar-refractivity contribution in [1.29, 1.82) is 10.5 Å². The van der Waals surface area contributed by atoms with Gasteiger partial charge in [0.05, 0.1) is 11.9 Å². The summed E-state index contributed by atoms with van der Waals surface area (Å²) in [5, 5.41) is 18.4. The van der Waals surface area contributed by atoms with E-state index in [2.05, 4.69) is 19.7 Å². The van der Waals surface area contributed by atoms with E-state index in [1.165, 1.54) is 6.26 Å². The first-order chi connectivity index (χ1) is 10.6. The van der Waals surface area contributed by atoms with E-state index in [1.54, 1.807) is 24.3 Å². The number of benzene rings is 1. The summed E-state index contributed by atoms with van der Waals surface area (Å²) in [5.74, 6) is 0.462. The van der Waals surface area contributed by atoms with Gasteiger partial charge in [-0.3, -0.25) is 0 Å². The summed E-state index contributed by atoms with van der Waals surface area (Å²) in [4.78, 5) is 0. The minimum atomic E-state index is 0.0412. The molecular weight excluding hydrogens is 274 g/mol. The van der Waals surface area contributed by atoms with Crippen molar-refractivity contribution in [3.05, 3.63) is 67.0 Å². The molecule has 0 aliphatic heterocycles. The van der Waals surface area contributed by atoms with E-state index in [4.69, 9.17) is 10.5 Å². The molecule has 0 saturated heterocycles. The minimum Gasteiger partial charge on any atom is -0.463 e. The highest BCUT2D eigenvalue weighted by atomic mass is 16.5. The highest BCUT2D eigenvalue weighted by molar-refractivity contribution is 5.81. The van der Waals surface area contributed by atoms with Gasteiger partial charge in [0.15, 0.2) is 5.75 Å². The van der Waals surface area contributed by atoms with E-state index in [0.29, 0.717) is 29.9 Å². The minimum absolute atomic E-state index is 0.0412. The van der Waals surface area contributed by atoms with Gasteiger partial charge in [-0.05, 0) is 30.0 Å². The molecule has 0 heterocycles. The second-order valence-electron chi connectivity index (χ2n) is 4.36. The molecule has 0 fully saturated rings. The SMILES string of the molecule is C=CCC(=C(C#N)C#N)c1ccc(N)c(OC=C)c1CC=C. The van der Waals surface area contributed by atoms with Gasteiger partial charge >= 0.3 is 0 Å². The zero-order valence-corrected chi connectivity index (χ0v) is 12.3. The van der Waals surface area contributed by atoms with Crippen LogP contribution in [0.1, 0.15) is 17.5 Å². The Morgan fingerprint density at radius 1 is 1.18 bits per heavy atom. The largest absolute Gasteiger partial charge is 0.463 e. The zero-order valence-electron chi connectivity index (χ0n) is 12.3. The molecule has 0 radical (unpaired) electrons.